The van der Waals surface area contributed by atoms with Gasteiger partial charge in [-0.1, -0.05) is 12.0 Å². The van der Waals surface area contributed by atoms with Crippen molar-refractivity contribution < 1.29 is 9.84 Å². The number of phenols is 1. The summed E-state index contributed by atoms with van der Waals surface area (Å²) in [5.74, 6) is 2.89. The number of hydrogen-bond donors (Lipinski definition) is 1. The van der Waals surface area contributed by atoms with Crippen molar-refractivity contribution in [1.29, 1.82) is 0 Å². The van der Waals surface area contributed by atoms with E-state index in [1.54, 1.807) is 18.2 Å². The maximum Gasteiger partial charge on any atom is 0.162 e. The zero-order chi connectivity index (χ0) is 8.97. The highest BCUT2D eigenvalue weighted by Gasteiger charge is 2.00. The number of phenolic OH excluding ortho intramolecular Hbond substituents is 1. The Labute approximate surface area is 71.8 Å². The molecule has 0 aromatic heterocycles. The van der Waals surface area contributed by atoms with Crippen LogP contribution in [0.25, 0.3) is 0 Å². The number of ether oxygens (including phenoxy) is 1. The third kappa shape index (κ3) is 1.93. The molecule has 0 spiro atoms. The summed E-state index contributed by atoms with van der Waals surface area (Å²) < 4.78 is 5.08. The zero-order valence-corrected chi connectivity index (χ0v) is 6.87. The molecule has 0 heterocycles. The molecule has 0 saturated heterocycles. The summed E-state index contributed by atoms with van der Waals surface area (Å²) >= 11 is 0. The average molecular weight is 162 g/mol. The van der Waals surface area contributed by atoms with Crippen LogP contribution in [-0.4, -0.2) is 11.7 Å². The fourth-order valence-electron chi connectivity index (χ4n) is 0.856. The summed E-state index contributed by atoms with van der Waals surface area (Å²) in [5, 5.41) is 9.27. The lowest BCUT2D eigenvalue weighted by atomic mass is 10.2. The van der Waals surface area contributed by atoms with Gasteiger partial charge in [0.25, 0.3) is 0 Å². The summed E-state index contributed by atoms with van der Waals surface area (Å²) in [6.07, 6.45) is 5.01. The number of terminal acetylenes is 1. The molecule has 0 aliphatic rings. The van der Waals surface area contributed by atoms with Crippen molar-refractivity contribution in [2.75, 3.05) is 6.61 Å². The normalized spacial score (nSPS) is 9.00. The van der Waals surface area contributed by atoms with Crippen LogP contribution in [0.15, 0.2) is 18.2 Å². The maximum absolute atomic E-state index is 9.27. The first kappa shape index (κ1) is 8.48. The zero-order valence-electron chi connectivity index (χ0n) is 6.87. The Morgan fingerprint density at radius 3 is 3.00 bits per heavy atom. The molecule has 1 aromatic carbocycles. The van der Waals surface area contributed by atoms with Crippen molar-refractivity contribution in [3.8, 4) is 23.8 Å². The van der Waals surface area contributed by atoms with Gasteiger partial charge in [-0.15, -0.1) is 6.42 Å². The van der Waals surface area contributed by atoms with E-state index in [4.69, 9.17) is 11.2 Å². The van der Waals surface area contributed by atoms with E-state index in [9.17, 15) is 5.11 Å². The van der Waals surface area contributed by atoms with Crippen LogP contribution in [0.2, 0.25) is 0 Å². The number of aryl methyl sites for hydroxylation is 1. The van der Waals surface area contributed by atoms with Gasteiger partial charge in [0.2, 0.25) is 0 Å². The number of benzene rings is 1. The van der Waals surface area contributed by atoms with E-state index in [-0.39, 0.29) is 12.4 Å². The molecule has 0 fully saturated rings. The highest BCUT2D eigenvalue weighted by Crippen LogP contribution is 2.26. The Bertz CT molecular complexity index is 310. The lowest BCUT2D eigenvalue weighted by Gasteiger charge is -2.04. The fraction of sp³-hybridized carbons (Fsp3) is 0.200. The van der Waals surface area contributed by atoms with Crippen molar-refractivity contribution >= 4 is 0 Å². The molecule has 0 amide bonds. The first-order valence-corrected chi connectivity index (χ1v) is 3.60. The number of rotatable bonds is 2. The van der Waals surface area contributed by atoms with Crippen LogP contribution in [0.4, 0.5) is 0 Å². The van der Waals surface area contributed by atoms with Gasteiger partial charge in [0.15, 0.2) is 11.5 Å². The molecule has 1 N–H and O–H groups in total. The van der Waals surface area contributed by atoms with Gasteiger partial charge in [-0.05, 0) is 24.6 Å². The summed E-state index contributed by atoms with van der Waals surface area (Å²) in [4.78, 5) is 0. The summed E-state index contributed by atoms with van der Waals surface area (Å²) in [6, 6.07) is 5.13. The van der Waals surface area contributed by atoms with Gasteiger partial charge < -0.3 is 9.84 Å². The lowest BCUT2D eigenvalue weighted by Crippen LogP contribution is -1.93. The first-order chi connectivity index (χ1) is 5.74. The molecular weight excluding hydrogens is 152 g/mol. The van der Waals surface area contributed by atoms with Crippen LogP contribution in [0.1, 0.15) is 5.56 Å². The van der Waals surface area contributed by atoms with E-state index in [0.717, 1.165) is 5.56 Å². The highest BCUT2D eigenvalue weighted by atomic mass is 16.5. The quantitative estimate of drug-likeness (QED) is 0.671. The predicted molar refractivity (Wildman–Crippen MR) is 47.2 cm³/mol. The lowest BCUT2D eigenvalue weighted by molar-refractivity contribution is 0.341. The summed E-state index contributed by atoms with van der Waals surface area (Å²) in [7, 11) is 0. The number of aromatic hydroxyl groups is 1. The average Bonchev–Trinajstić information content (AvgIpc) is 2.07. The van der Waals surface area contributed by atoms with E-state index in [0.29, 0.717) is 5.75 Å². The Hall–Kier alpha value is -1.62. The topological polar surface area (TPSA) is 29.5 Å². The molecule has 0 atom stereocenters. The van der Waals surface area contributed by atoms with Crippen molar-refractivity contribution in [1.82, 2.24) is 0 Å². The minimum Gasteiger partial charge on any atom is -0.504 e. The largest absolute Gasteiger partial charge is 0.504 e. The molecule has 2 nitrogen and oxygen atoms in total. The molecule has 0 aliphatic heterocycles. The molecule has 1 rings (SSSR count). The molecule has 0 saturated carbocycles. The second kappa shape index (κ2) is 3.68. The molecular formula is C10H10O2. The third-order valence-electron chi connectivity index (χ3n) is 1.43. The van der Waals surface area contributed by atoms with Gasteiger partial charge in [-0.2, -0.15) is 0 Å². The van der Waals surface area contributed by atoms with Crippen molar-refractivity contribution in [3.05, 3.63) is 23.8 Å². The Morgan fingerprint density at radius 1 is 1.58 bits per heavy atom. The molecule has 0 unspecified atom stereocenters. The van der Waals surface area contributed by atoms with Crippen molar-refractivity contribution in [2.45, 2.75) is 6.92 Å². The SMILES string of the molecule is C#CCOc1cc(C)ccc1O. The second-order valence-electron chi connectivity index (χ2n) is 2.46. The highest BCUT2D eigenvalue weighted by molar-refractivity contribution is 5.41. The standard InChI is InChI=1S/C10H10O2/c1-3-6-12-10-7-8(2)4-5-9(10)11/h1,4-5,7,11H,6H2,2H3. The van der Waals surface area contributed by atoms with Crippen LogP contribution >= 0.6 is 0 Å². The smallest absolute Gasteiger partial charge is 0.162 e. The van der Waals surface area contributed by atoms with E-state index in [2.05, 4.69) is 5.92 Å². The van der Waals surface area contributed by atoms with E-state index < -0.39 is 0 Å². The fourth-order valence-corrected chi connectivity index (χ4v) is 0.856. The predicted octanol–water partition coefficient (Wildman–Crippen LogP) is 1.71. The Morgan fingerprint density at radius 2 is 2.33 bits per heavy atom. The van der Waals surface area contributed by atoms with Gasteiger partial charge in [0.1, 0.15) is 6.61 Å². The molecule has 0 aliphatic carbocycles. The van der Waals surface area contributed by atoms with Gasteiger partial charge in [0.05, 0.1) is 0 Å². The molecule has 0 radical (unpaired) electrons. The van der Waals surface area contributed by atoms with E-state index in [1.807, 2.05) is 6.92 Å². The van der Waals surface area contributed by atoms with Crippen LogP contribution < -0.4 is 4.74 Å². The second-order valence-corrected chi connectivity index (χ2v) is 2.46. The summed E-state index contributed by atoms with van der Waals surface area (Å²) in [6.45, 7) is 2.10. The van der Waals surface area contributed by atoms with Crippen molar-refractivity contribution in [3.63, 3.8) is 0 Å². The third-order valence-corrected chi connectivity index (χ3v) is 1.43. The van der Waals surface area contributed by atoms with Crippen LogP contribution in [0.5, 0.6) is 11.5 Å². The van der Waals surface area contributed by atoms with E-state index >= 15 is 0 Å². The minimum absolute atomic E-state index is 0.121. The molecule has 12 heavy (non-hydrogen) atoms. The monoisotopic (exact) mass is 162 g/mol. The van der Waals surface area contributed by atoms with Crippen LogP contribution in [-0.2, 0) is 0 Å². The number of hydrogen-bond acceptors (Lipinski definition) is 2. The maximum atomic E-state index is 9.27. The Balaban J connectivity index is 2.84. The molecule has 2 heteroatoms. The van der Waals surface area contributed by atoms with Crippen LogP contribution in [0, 0.1) is 19.3 Å². The van der Waals surface area contributed by atoms with Gasteiger partial charge in [-0.3, -0.25) is 0 Å². The molecule has 62 valence electrons. The minimum atomic E-state index is 0.121. The molecule has 0 bridgehead atoms. The molecule has 1 aromatic rings. The van der Waals surface area contributed by atoms with Gasteiger partial charge in [-0.25, -0.2) is 0 Å². The van der Waals surface area contributed by atoms with Gasteiger partial charge in [0, 0.05) is 0 Å². The van der Waals surface area contributed by atoms with Gasteiger partial charge >= 0.3 is 0 Å². The Kier molecular flexibility index (Phi) is 2.60. The first-order valence-electron chi connectivity index (χ1n) is 3.60. The van der Waals surface area contributed by atoms with Crippen molar-refractivity contribution in [2.24, 2.45) is 0 Å². The van der Waals surface area contributed by atoms with Crippen LogP contribution in [0.3, 0.4) is 0 Å². The van der Waals surface area contributed by atoms with E-state index in [1.165, 1.54) is 0 Å². The summed E-state index contributed by atoms with van der Waals surface area (Å²) in [5.41, 5.74) is 1.03.